The largest absolute Gasteiger partial charge is 3.00 e. The average molecular weight is 773 g/mol. The van der Waals surface area contributed by atoms with Gasteiger partial charge in [0.15, 0.2) is 5.89 Å². The minimum absolute atomic E-state index is 0. The first-order valence-electron chi connectivity index (χ1n) is 14.6. The molecule has 0 aliphatic carbocycles. The molecular weight excluding hydrogens is 739 g/mol. The number of aromatic nitrogens is 3. The molecule has 2 aliphatic heterocycles. The zero-order chi connectivity index (χ0) is 30.4. The van der Waals surface area contributed by atoms with E-state index in [4.69, 9.17) is 4.42 Å². The third kappa shape index (κ3) is 5.69. The zero-order valence-corrected chi connectivity index (χ0v) is 28.3. The summed E-state index contributed by atoms with van der Waals surface area (Å²) in [6.45, 7) is 11.2. The topological polar surface area (TPSA) is 56.8 Å². The second-order valence-electron chi connectivity index (χ2n) is 11.2. The van der Waals surface area contributed by atoms with Crippen LogP contribution in [0.3, 0.4) is 0 Å². The van der Waals surface area contributed by atoms with E-state index in [1.807, 2.05) is 31.5 Å². The molecular formula is C36H34IrN7O. The number of rotatable bonds is 4. The second-order valence-corrected chi connectivity index (χ2v) is 11.2. The van der Waals surface area contributed by atoms with Crippen LogP contribution in [0.25, 0.3) is 28.2 Å². The molecule has 0 atom stereocenters. The van der Waals surface area contributed by atoms with E-state index in [0.29, 0.717) is 5.89 Å². The Morgan fingerprint density at radius 1 is 0.778 bits per heavy atom. The van der Waals surface area contributed by atoms with Gasteiger partial charge in [0.1, 0.15) is 0 Å². The average Bonchev–Trinajstić information content (AvgIpc) is 3.79. The molecule has 8 nitrogen and oxygen atoms in total. The molecule has 2 aliphatic rings. The van der Waals surface area contributed by atoms with Crippen molar-refractivity contribution >= 4 is 33.8 Å². The van der Waals surface area contributed by atoms with E-state index in [0.717, 1.165) is 34.8 Å². The standard InChI is InChI=1S/C19H16N3O.C17H18N4.Ir/c1-12-5-4-6-13(2)18(12)22-10-9-20-19(22)15-7-8-17-16(11-15)21-14(3)23-17;1-18-11-20(16-9-5-3-7-14(16)18)13-21-12-19(2)15-8-4-6-10-17(15)21;/h4-6,8-11H,1-3H3;3-12H,13H2,1-2H3;/q-1;-2;+3. The van der Waals surface area contributed by atoms with E-state index in [1.165, 1.54) is 33.9 Å². The smallest absolute Gasteiger partial charge is 0.504 e. The molecule has 4 heterocycles. The first kappa shape index (κ1) is 30.4. The molecule has 6 aromatic rings. The van der Waals surface area contributed by atoms with Gasteiger partial charge in [0.25, 0.3) is 0 Å². The van der Waals surface area contributed by atoms with Gasteiger partial charge in [0.05, 0.1) is 11.4 Å². The van der Waals surface area contributed by atoms with Crippen molar-refractivity contribution in [1.82, 2.24) is 14.5 Å². The van der Waals surface area contributed by atoms with Crippen LogP contribution < -0.4 is 19.6 Å². The summed E-state index contributed by atoms with van der Waals surface area (Å²) in [4.78, 5) is 17.8. The molecule has 8 rings (SSSR count). The van der Waals surface area contributed by atoms with E-state index in [9.17, 15) is 0 Å². The fourth-order valence-corrected chi connectivity index (χ4v) is 6.05. The van der Waals surface area contributed by atoms with Crippen LogP contribution in [-0.4, -0.2) is 35.3 Å². The van der Waals surface area contributed by atoms with E-state index < -0.39 is 0 Å². The summed E-state index contributed by atoms with van der Waals surface area (Å²) in [5.41, 5.74) is 11.1. The maximum Gasteiger partial charge on any atom is 3.00 e. The molecule has 0 spiro atoms. The van der Waals surface area contributed by atoms with E-state index in [1.54, 1.807) is 0 Å². The summed E-state index contributed by atoms with van der Waals surface area (Å²) in [5.74, 6) is 1.51. The van der Waals surface area contributed by atoms with Gasteiger partial charge in [-0.25, -0.2) is 4.98 Å². The number of fused-ring (bicyclic) bond motifs is 3. The predicted molar refractivity (Wildman–Crippen MR) is 178 cm³/mol. The molecule has 4 aromatic carbocycles. The van der Waals surface area contributed by atoms with Crippen LogP contribution in [0.1, 0.15) is 17.0 Å². The number of imidazole rings is 1. The number of anilines is 4. The van der Waals surface area contributed by atoms with Gasteiger partial charge in [-0.2, -0.15) is 13.3 Å². The molecule has 0 fully saturated rings. The van der Waals surface area contributed by atoms with Crippen molar-refractivity contribution in [3.05, 3.63) is 128 Å². The van der Waals surface area contributed by atoms with E-state index >= 15 is 0 Å². The van der Waals surface area contributed by atoms with Crippen molar-refractivity contribution in [2.45, 2.75) is 20.8 Å². The van der Waals surface area contributed by atoms with Gasteiger partial charge in [0, 0.05) is 59.9 Å². The second kappa shape index (κ2) is 12.4. The summed E-state index contributed by atoms with van der Waals surface area (Å²) in [7, 11) is 4.18. The van der Waals surface area contributed by atoms with Gasteiger partial charge < -0.3 is 28.6 Å². The Morgan fingerprint density at radius 2 is 1.36 bits per heavy atom. The maximum absolute atomic E-state index is 5.52. The quantitative estimate of drug-likeness (QED) is 0.172. The molecule has 9 heteroatoms. The fourth-order valence-electron chi connectivity index (χ4n) is 6.05. The minimum Gasteiger partial charge on any atom is -0.504 e. The number of benzene rings is 4. The Bertz CT molecular complexity index is 1890. The molecule has 0 radical (unpaired) electrons. The normalized spacial score (nSPS) is 13.4. The van der Waals surface area contributed by atoms with Crippen molar-refractivity contribution in [3.63, 3.8) is 0 Å². The molecule has 0 amide bonds. The summed E-state index contributed by atoms with van der Waals surface area (Å²) in [6.07, 6.45) is 3.80. The van der Waals surface area contributed by atoms with Crippen LogP contribution in [0, 0.1) is 40.2 Å². The van der Waals surface area contributed by atoms with Crippen molar-refractivity contribution in [3.8, 4) is 17.1 Å². The van der Waals surface area contributed by atoms with E-state index in [2.05, 4.69) is 148 Å². The van der Waals surface area contributed by atoms with Gasteiger partial charge in [-0.1, -0.05) is 42.5 Å². The number of hydrogen-bond acceptors (Lipinski definition) is 7. The van der Waals surface area contributed by atoms with Gasteiger partial charge >= 0.3 is 20.1 Å². The number of oxazole rings is 1. The predicted octanol–water partition coefficient (Wildman–Crippen LogP) is 7.50. The third-order valence-electron chi connectivity index (χ3n) is 8.06. The van der Waals surface area contributed by atoms with Crippen molar-refractivity contribution < 1.29 is 24.5 Å². The molecule has 2 aromatic heterocycles. The monoisotopic (exact) mass is 773 g/mol. The fraction of sp³-hybridized carbons (Fsp3) is 0.167. The summed E-state index contributed by atoms with van der Waals surface area (Å²) in [6, 6.07) is 30.3. The number of para-hydroxylation sites is 5. The molecule has 0 saturated carbocycles. The molecule has 0 bridgehead atoms. The van der Waals surface area contributed by atoms with Crippen LogP contribution >= 0.6 is 0 Å². The van der Waals surface area contributed by atoms with Crippen LogP contribution in [0.5, 0.6) is 0 Å². The Morgan fingerprint density at radius 3 is 1.96 bits per heavy atom. The number of nitrogens with zero attached hydrogens (tertiary/aromatic N) is 7. The molecule has 228 valence electrons. The van der Waals surface area contributed by atoms with Crippen LogP contribution in [-0.2, 0) is 20.1 Å². The summed E-state index contributed by atoms with van der Waals surface area (Å²) >= 11 is 0. The molecule has 45 heavy (non-hydrogen) atoms. The Kier molecular flexibility index (Phi) is 8.40. The molecule has 0 N–H and O–H groups in total. The number of hydrogen-bond donors (Lipinski definition) is 0. The summed E-state index contributed by atoms with van der Waals surface area (Å²) < 4.78 is 7.63. The van der Waals surface area contributed by atoms with E-state index in [-0.39, 0.29) is 20.1 Å². The minimum atomic E-state index is 0. The van der Waals surface area contributed by atoms with Crippen molar-refractivity contribution in [1.29, 1.82) is 0 Å². The van der Waals surface area contributed by atoms with Crippen molar-refractivity contribution in [2.24, 2.45) is 0 Å². The Labute approximate surface area is 277 Å². The van der Waals surface area contributed by atoms with Crippen LogP contribution in [0.2, 0.25) is 0 Å². The molecule has 0 unspecified atom stereocenters. The van der Waals surface area contributed by atoms with Gasteiger partial charge in [-0.05, 0) is 63.3 Å². The maximum atomic E-state index is 5.52. The Balaban J connectivity index is 0.000000156. The zero-order valence-electron chi connectivity index (χ0n) is 25.9. The van der Waals surface area contributed by atoms with Crippen molar-refractivity contribution in [2.75, 3.05) is 40.4 Å². The van der Waals surface area contributed by atoms with Gasteiger partial charge in [0.2, 0.25) is 0 Å². The number of aryl methyl sites for hydroxylation is 3. The Hall–Kier alpha value is -4.59. The van der Waals surface area contributed by atoms with Crippen LogP contribution in [0.4, 0.5) is 22.7 Å². The third-order valence-corrected chi connectivity index (χ3v) is 8.06. The summed E-state index contributed by atoms with van der Waals surface area (Å²) in [5, 5.41) is 0. The SMILES string of the molecule is CN1[CH-]N(CN2[CH-]N(C)c3ccccc32)c2ccccc21.Cc1nc2cc(-c3nccn3-c3c(C)cccc3C)[c-]cc2o1.[Ir+3]. The molecule has 0 saturated heterocycles. The van der Waals surface area contributed by atoms with Gasteiger partial charge in [-0.3, -0.25) is 4.98 Å². The first-order chi connectivity index (χ1) is 21.4. The first-order valence-corrected chi connectivity index (χ1v) is 14.6. The van der Waals surface area contributed by atoms with Gasteiger partial charge in [-0.15, -0.1) is 23.8 Å². The van der Waals surface area contributed by atoms with Crippen LogP contribution in [0.15, 0.2) is 95.7 Å².